The monoisotopic (exact) mass is 389 g/mol. The predicted molar refractivity (Wildman–Crippen MR) is 113 cm³/mol. The molecule has 7 heteroatoms. The van der Waals surface area contributed by atoms with Crippen molar-refractivity contribution in [2.45, 2.75) is 18.4 Å². The number of amides is 1. The van der Waals surface area contributed by atoms with E-state index in [9.17, 15) is 4.79 Å². The maximum atomic E-state index is 13.1. The number of nitrogens with two attached hydrogens (primary N) is 1. The van der Waals surface area contributed by atoms with Crippen LogP contribution in [0.25, 0.3) is 16.6 Å². The molecule has 0 atom stereocenters. The maximum absolute atomic E-state index is 13.1. The minimum atomic E-state index is -0.351. The van der Waals surface area contributed by atoms with Crippen LogP contribution in [-0.4, -0.2) is 28.8 Å². The molecule has 1 amide bonds. The standard InChI is InChI=1S/C22H23N5O2/c1-27-19(10-14-6-7-18(25-20(14)27)15(12-23)13-24)21(28)26-22(8-9-22)16-4-3-5-17(11-16)29-2/h3-7,10-13,23H,8-9,24H2,1-2H3,(H,26,28)/b15-13+,23-12?. The molecule has 1 saturated carbocycles. The Morgan fingerprint density at radius 1 is 1.31 bits per heavy atom. The topological polar surface area (TPSA) is 106 Å². The van der Waals surface area contributed by atoms with Crippen molar-refractivity contribution in [3.8, 4) is 5.75 Å². The average molecular weight is 389 g/mol. The van der Waals surface area contributed by atoms with Gasteiger partial charge >= 0.3 is 0 Å². The van der Waals surface area contributed by atoms with Crippen molar-refractivity contribution in [3.63, 3.8) is 0 Å². The Kier molecular flexibility index (Phi) is 4.58. The van der Waals surface area contributed by atoms with Crippen LogP contribution in [0.15, 0.2) is 48.7 Å². The zero-order valence-corrected chi connectivity index (χ0v) is 16.4. The fourth-order valence-corrected chi connectivity index (χ4v) is 3.60. The SMILES string of the molecule is COc1cccc(C2(NC(=O)c3cc4ccc(/C(C=N)=C/N)nc4n3C)CC2)c1. The van der Waals surface area contributed by atoms with Crippen molar-refractivity contribution < 1.29 is 9.53 Å². The molecule has 3 aromatic rings. The molecule has 0 radical (unpaired) electrons. The average Bonchev–Trinajstić information content (AvgIpc) is 3.46. The molecule has 0 spiro atoms. The highest BCUT2D eigenvalue weighted by atomic mass is 16.5. The van der Waals surface area contributed by atoms with Crippen LogP contribution in [0, 0.1) is 5.41 Å². The quantitative estimate of drug-likeness (QED) is 0.564. The molecule has 29 heavy (non-hydrogen) atoms. The summed E-state index contributed by atoms with van der Waals surface area (Å²) in [6, 6.07) is 13.3. The fraction of sp³-hybridized carbons (Fsp3) is 0.227. The molecule has 1 fully saturated rings. The van der Waals surface area contributed by atoms with Gasteiger partial charge in [-0.2, -0.15) is 0 Å². The Hall–Kier alpha value is -3.61. The number of hydrogen-bond donors (Lipinski definition) is 3. The van der Waals surface area contributed by atoms with Gasteiger partial charge in [0.2, 0.25) is 0 Å². The highest BCUT2D eigenvalue weighted by molar-refractivity contribution is 6.08. The Morgan fingerprint density at radius 3 is 2.76 bits per heavy atom. The van der Waals surface area contributed by atoms with Gasteiger partial charge in [0.15, 0.2) is 0 Å². The lowest BCUT2D eigenvalue weighted by Gasteiger charge is -2.19. The number of nitrogens with zero attached hydrogens (tertiary/aromatic N) is 2. The Bertz CT molecular complexity index is 1140. The van der Waals surface area contributed by atoms with Gasteiger partial charge in [-0.1, -0.05) is 12.1 Å². The van der Waals surface area contributed by atoms with E-state index in [1.165, 1.54) is 6.20 Å². The summed E-state index contributed by atoms with van der Waals surface area (Å²) in [7, 11) is 3.45. The van der Waals surface area contributed by atoms with E-state index in [0.717, 1.165) is 35.8 Å². The second-order valence-electron chi connectivity index (χ2n) is 7.23. The number of carbonyl (C=O) groups is 1. The largest absolute Gasteiger partial charge is 0.497 e. The Labute approximate surface area is 168 Å². The number of ether oxygens (including phenoxy) is 1. The van der Waals surface area contributed by atoms with E-state index in [1.54, 1.807) is 17.7 Å². The van der Waals surface area contributed by atoms with Gasteiger partial charge in [-0.25, -0.2) is 4.98 Å². The van der Waals surface area contributed by atoms with Gasteiger partial charge in [-0.15, -0.1) is 0 Å². The summed E-state index contributed by atoms with van der Waals surface area (Å²) in [6.45, 7) is 0. The van der Waals surface area contributed by atoms with Crippen LogP contribution in [0.1, 0.15) is 34.6 Å². The molecule has 4 N–H and O–H groups in total. The predicted octanol–water partition coefficient (Wildman–Crippen LogP) is 2.95. The molecule has 0 aliphatic heterocycles. The van der Waals surface area contributed by atoms with E-state index < -0.39 is 0 Å². The number of hydrogen-bond acceptors (Lipinski definition) is 5. The number of benzene rings is 1. The Balaban J connectivity index is 1.65. The van der Waals surface area contributed by atoms with Gasteiger partial charge in [-0.05, 0) is 48.7 Å². The summed E-state index contributed by atoms with van der Waals surface area (Å²) >= 11 is 0. The molecule has 1 aliphatic carbocycles. The van der Waals surface area contributed by atoms with E-state index in [1.807, 2.05) is 43.4 Å². The zero-order chi connectivity index (χ0) is 20.6. The van der Waals surface area contributed by atoms with Crippen molar-refractivity contribution in [2.24, 2.45) is 12.8 Å². The smallest absolute Gasteiger partial charge is 0.268 e. The van der Waals surface area contributed by atoms with E-state index in [-0.39, 0.29) is 11.4 Å². The molecule has 2 heterocycles. The van der Waals surface area contributed by atoms with E-state index >= 15 is 0 Å². The van der Waals surface area contributed by atoms with Crippen molar-refractivity contribution in [3.05, 3.63) is 65.6 Å². The van der Waals surface area contributed by atoms with Gasteiger partial charge in [0.05, 0.1) is 18.3 Å². The van der Waals surface area contributed by atoms with Gasteiger partial charge in [0.1, 0.15) is 17.1 Å². The van der Waals surface area contributed by atoms with Crippen LogP contribution >= 0.6 is 0 Å². The fourth-order valence-electron chi connectivity index (χ4n) is 3.60. The zero-order valence-electron chi connectivity index (χ0n) is 16.4. The van der Waals surface area contributed by atoms with Gasteiger partial charge in [0.25, 0.3) is 5.91 Å². The number of methoxy groups -OCH3 is 1. The number of aromatic nitrogens is 2. The molecular weight excluding hydrogens is 366 g/mol. The van der Waals surface area contributed by atoms with Crippen molar-refractivity contribution in [1.82, 2.24) is 14.9 Å². The molecule has 0 unspecified atom stereocenters. The molecular formula is C22H23N5O2. The van der Waals surface area contributed by atoms with Crippen LogP contribution in [0.5, 0.6) is 5.75 Å². The van der Waals surface area contributed by atoms with Crippen LogP contribution in [0.3, 0.4) is 0 Å². The molecule has 148 valence electrons. The summed E-state index contributed by atoms with van der Waals surface area (Å²) in [4.78, 5) is 17.7. The third kappa shape index (κ3) is 3.24. The van der Waals surface area contributed by atoms with E-state index in [4.69, 9.17) is 15.9 Å². The second-order valence-corrected chi connectivity index (χ2v) is 7.23. The first kappa shape index (κ1) is 18.7. The molecule has 0 saturated heterocycles. The summed E-state index contributed by atoms with van der Waals surface area (Å²) in [5.74, 6) is 0.633. The number of nitrogens with one attached hydrogen (secondary N) is 2. The molecule has 0 bridgehead atoms. The third-order valence-corrected chi connectivity index (χ3v) is 5.47. The summed E-state index contributed by atoms with van der Waals surface area (Å²) < 4.78 is 7.09. The number of carbonyl (C=O) groups excluding carboxylic acids is 1. The number of fused-ring (bicyclic) bond motifs is 1. The molecule has 7 nitrogen and oxygen atoms in total. The lowest BCUT2D eigenvalue weighted by Crippen LogP contribution is -2.35. The van der Waals surface area contributed by atoms with Gasteiger partial charge in [0, 0.05) is 30.4 Å². The lowest BCUT2D eigenvalue weighted by molar-refractivity contribution is 0.0923. The van der Waals surface area contributed by atoms with Gasteiger partial charge in [-0.3, -0.25) is 4.79 Å². The van der Waals surface area contributed by atoms with Crippen molar-refractivity contribution in [2.75, 3.05) is 7.11 Å². The van der Waals surface area contributed by atoms with Crippen LogP contribution in [-0.2, 0) is 12.6 Å². The van der Waals surface area contributed by atoms with Crippen LogP contribution in [0.2, 0.25) is 0 Å². The minimum Gasteiger partial charge on any atom is -0.497 e. The molecule has 4 rings (SSSR count). The first-order valence-corrected chi connectivity index (χ1v) is 9.37. The lowest BCUT2D eigenvalue weighted by atomic mass is 10.0. The van der Waals surface area contributed by atoms with Crippen molar-refractivity contribution >= 4 is 28.7 Å². The first-order valence-electron chi connectivity index (χ1n) is 9.37. The summed E-state index contributed by atoms with van der Waals surface area (Å²) in [5, 5.41) is 11.5. The molecule has 1 aromatic carbocycles. The summed E-state index contributed by atoms with van der Waals surface area (Å²) in [6.07, 6.45) is 4.29. The molecule has 2 aromatic heterocycles. The highest BCUT2D eigenvalue weighted by Crippen LogP contribution is 2.46. The highest BCUT2D eigenvalue weighted by Gasteiger charge is 2.46. The minimum absolute atomic E-state index is 0.144. The van der Waals surface area contributed by atoms with E-state index in [2.05, 4.69) is 10.3 Å². The number of allylic oxidation sites excluding steroid dienone is 1. The second kappa shape index (κ2) is 7.09. The van der Waals surface area contributed by atoms with Crippen LogP contribution in [0.4, 0.5) is 0 Å². The first-order chi connectivity index (χ1) is 14.0. The van der Waals surface area contributed by atoms with E-state index in [0.29, 0.717) is 22.6 Å². The Morgan fingerprint density at radius 2 is 2.10 bits per heavy atom. The van der Waals surface area contributed by atoms with Crippen molar-refractivity contribution in [1.29, 1.82) is 5.41 Å². The third-order valence-electron chi connectivity index (χ3n) is 5.47. The number of pyridine rings is 1. The summed E-state index contributed by atoms with van der Waals surface area (Å²) in [5.41, 5.74) is 8.59. The number of aryl methyl sites for hydroxylation is 1. The normalized spacial score (nSPS) is 15.2. The van der Waals surface area contributed by atoms with Crippen LogP contribution < -0.4 is 15.8 Å². The maximum Gasteiger partial charge on any atom is 0.268 e. The number of rotatable bonds is 6. The van der Waals surface area contributed by atoms with Gasteiger partial charge < -0.3 is 25.8 Å². The molecule has 1 aliphatic rings.